The summed E-state index contributed by atoms with van der Waals surface area (Å²) < 4.78 is 53.9. The Balaban J connectivity index is 1.59. The molecule has 8 nitrogen and oxygen atoms in total. The zero-order chi connectivity index (χ0) is 20.6. The van der Waals surface area contributed by atoms with E-state index in [0.717, 1.165) is 24.7 Å². The maximum absolute atomic E-state index is 13.7. The highest BCUT2D eigenvalue weighted by molar-refractivity contribution is 7.89. The van der Waals surface area contributed by atoms with Crippen LogP contribution in [0.4, 0.5) is 4.39 Å². The summed E-state index contributed by atoms with van der Waals surface area (Å²) in [5.74, 6) is 1.36. The van der Waals surface area contributed by atoms with Gasteiger partial charge in [-0.15, -0.1) is 0 Å². The molecule has 4 rings (SSSR count). The first-order chi connectivity index (χ1) is 13.9. The molecule has 3 heterocycles. The molecule has 0 spiro atoms. The lowest BCUT2D eigenvalue weighted by atomic mass is 9.99. The SMILES string of the molecule is COc1ccc(F)cc1S(=O)(=O)N1CCC(n2nc(C)nc2C2CCOCC2)C1. The molecule has 0 aliphatic carbocycles. The Labute approximate surface area is 169 Å². The number of aryl methyl sites for hydroxylation is 1. The van der Waals surface area contributed by atoms with E-state index in [-0.39, 0.29) is 29.1 Å². The number of rotatable bonds is 5. The number of halogens is 1. The average Bonchev–Trinajstić information content (AvgIpc) is 3.36. The molecule has 2 saturated heterocycles. The Hall–Kier alpha value is -2.04. The molecule has 1 unspecified atom stereocenters. The first-order valence-electron chi connectivity index (χ1n) is 9.74. The van der Waals surface area contributed by atoms with Gasteiger partial charge < -0.3 is 9.47 Å². The third kappa shape index (κ3) is 3.88. The second kappa shape index (κ2) is 8.00. The van der Waals surface area contributed by atoms with Crippen molar-refractivity contribution in [2.24, 2.45) is 0 Å². The van der Waals surface area contributed by atoms with E-state index in [0.29, 0.717) is 32.0 Å². The summed E-state index contributed by atoms with van der Waals surface area (Å²) in [6.45, 7) is 3.84. The summed E-state index contributed by atoms with van der Waals surface area (Å²) in [6.07, 6.45) is 2.39. The van der Waals surface area contributed by atoms with E-state index < -0.39 is 15.8 Å². The van der Waals surface area contributed by atoms with Gasteiger partial charge >= 0.3 is 0 Å². The molecule has 1 aromatic carbocycles. The summed E-state index contributed by atoms with van der Waals surface area (Å²) in [5.41, 5.74) is 0. The van der Waals surface area contributed by atoms with Crippen LogP contribution in [0.15, 0.2) is 23.1 Å². The largest absolute Gasteiger partial charge is 0.495 e. The highest BCUT2D eigenvalue weighted by atomic mass is 32.2. The lowest BCUT2D eigenvalue weighted by Crippen LogP contribution is -2.30. The standard InChI is InChI=1S/C19H25FN4O4S/c1-13-21-19(14-6-9-28-10-7-14)24(22-13)16-5-8-23(12-16)29(25,26)18-11-15(20)3-4-17(18)27-2/h3-4,11,14,16H,5-10,12H2,1-2H3. The molecule has 2 aliphatic rings. The molecular weight excluding hydrogens is 399 g/mol. The minimum absolute atomic E-state index is 0.108. The van der Waals surface area contributed by atoms with Crippen LogP contribution in [-0.4, -0.2) is 60.9 Å². The van der Waals surface area contributed by atoms with E-state index >= 15 is 0 Å². The maximum Gasteiger partial charge on any atom is 0.246 e. The van der Waals surface area contributed by atoms with E-state index in [1.54, 1.807) is 0 Å². The zero-order valence-electron chi connectivity index (χ0n) is 16.5. The number of hydrogen-bond donors (Lipinski definition) is 0. The van der Waals surface area contributed by atoms with E-state index in [9.17, 15) is 12.8 Å². The highest BCUT2D eigenvalue weighted by Crippen LogP contribution is 2.34. The van der Waals surface area contributed by atoms with Crippen LogP contribution in [-0.2, 0) is 14.8 Å². The lowest BCUT2D eigenvalue weighted by Gasteiger charge is -2.24. The third-order valence-corrected chi connectivity index (χ3v) is 7.45. The maximum atomic E-state index is 13.7. The van der Waals surface area contributed by atoms with Gasteiger partial charge in [0.25, 0.3) is 0 Å². The molecule has 0 saturated carbocycles. The molecule has 1 atom stereocenters. The number of sulfonamides is 1. The fourth-order valence-corrected chi connectivity index (χ4v) is 5.73. The molecule has 10 heteroatoms. The van der Waals surface area contributed by atoms with Crippen LogP contribution in [0.3, 0.4) is 0 Å². The van der Waals surface area contributed by atoms with Crippen molar-refractivity contribution >= 4 is 10.0 Å². The van der Waals surface area contributed by atoms with Gasteiger partial charge in [-0.25, -0.2) is 22.5 Å². The van der Waals surface area contributed by atoms with Gasteiger partial charge in [0.15, 0.2) is 0 Å². The van der Waals surface area contributed by atoms with Crippen molar-refractivity contribution in [3.8, 4) is 5.75 Å². The number of hydrogen-bond acceptors (Lipinski definition) is 6. The molecule has 0 radical (unpaired) electrons. The Kier molecular flexibility index (Phi) is 5.58. The Morgan fingerprint density at radius 2 is 2.00 bits per heavy atom. The topological polar surface area (TPSA) is 86.6 Å². The summed E-state index contributed by atoms with van der Waals surface area (Å²) in [5, 5.41) is 4.56. The number of nitrogens with zero attached hydrogens (tertiary/aromatic N) is 4. The number of methoxy groups -OCH3 is 1. The third-order valence-electron chi connectivity index (χ3n) is 5.57. The predicted molar refractivity (Wildman–Crippen MR) is 103 cm³/mol. The van der Waals surface area contributed by atoms with E-state index in [1.165, 1.54) is 23.5 Å². The van der Waals surface area contributed by atoms with Crippen LogP contribution >= 0.6 is 0 Å². The monoisotopic (exact) mass is 424 g/mol. The first kappa shape index (κ1) is 20.2. The van der Waals surface area contributed by atoms with Gasteiger partial charge in [-0.2, -0.15) is 9.40 Å². The number of ether oxygens (including phenoxy) is 2. The Bertz CT molecular complexity index is 988. The van der Waals surface area contributed by atoms with E-state index in [4.69, 9.17) is 9.47 Å². The molecule has 0 amide bonds. The molecule has 158 valence electrons. The molecule has 0 bridgehead atoms. The molecule has 2 aromatic rings. The normalized spacial score (nSPS) is 21.6. The predicted octanol–water partition coefficient (Wildman–Crippen LogP) is 2.26. The second-order valence-corrected chi connectivity index (χ2v) is 9.36. The van der Waals surface area contributed by atoms with Gasteiger partial charge in [-0.05, 0) is 44.4 Å². The zero-order valence-corrected chi connectivity index (χ0v) is 17.4. The first-order valence-corrected chi connectivity index (χ1v) is 11.2. The Morgan fingerprint density at radius 1 is 1.24 bits per heavy atom. The van der Waals surface area contributed by atoms with Crippen molar-refractivity contribution in [2.75, 3.05) is 33.4 Å². The fraction of sp³-hybridized carbons (Fsp3) is 0.579. The lowest BCUT2D eigenvalue weighted by molar-refractivity contribution is 0.0821. The highest BCUT2D eigenvalue weighted by Gasteiger charge is 2.37. The van der Waals surface area contributed by atoms with Crippen LogP contribution < -0.4 is 4.74 Å². The van der Waals surface area contributed by atoms with Gasteiger partial charge in [-0.3, -0.25) is 0 Å². The molecule has 0 N–H and O–H groups in total. The second-order valence-electron chi connectivity index (χ2n) is 7.45. The van der Waals surface area contributed by atoms with Crippen molar-refractivity contribution in [3.63, 3.8) is 0 Å². The Morgan fingerprint density at radius 3 is 2.72 bits per heavy atom. The summed E-state index contributed by atoms with van der Waals surface area (Å²) >= 11 is 0. The van der Waals surface area contributed by atoms with Gasteiger partial charge in [0.1, 0.15) is 28.1 Å². The van der Waals surface area contributed by atoms with E-state index in [2.05, 4.69) is 10.1 Å². The van der Waals surface area contributed by atoms with Gasteiger partial charge in [0, 0.05) is 32.2 Å². The average molecular weight is 424 g/mol. The number of aromatic nitrogens is 3. The van der Waals surface area contributed by atoms with Crippen LogP contribution in [0.5, 0.6) is 5.75 Å². The summed E-state index contributed by atoms with van der Waals surface area (Å²) in [4.78, 5) is 4.47. The van der Waals surface area contributed by atoms with Gasteiger partial charge in [0.2, 0.25) is 10.0 Å². The number of benzene rings is 1. The molecule has 2 aliphatic heterocycles. The molecule has 29 heavy (non-hydrogen) atoms. The summed E-state index contributed by atoms with van der Waals surface area (Å²) in [7, 11) is -2.52. The molecule has 1 aromatic heterocycles. The molecular formula is C19H25FN4O4S. The van der Waals surface area contributed by atoms with Crippen molar-refractivity contribution < 1.29 is 22.3 Å². The fourth-order valence-electron chi connectivity index (χ4n) is 4.07. The van der Waals surface area contributed by atoms with Crippen molar-refractivity contribution in [1.29, 1.82) is 0 Å². The van der Waals surface area contributed by atoms with Crippen molar-refractivity contribution in [1.82, 2.24) is 19.1 Å². The smallest absolute Gasteiger partial charge is 0.246 e. The van der Waals surface area contributed by atoms with Gasteiger partial charge in [-0.1, -0.05) is 0 Å². The quantitative estimate of drug-likeness (QED) is 0.732. The van der Waals surface area contributed by atoms with E-state index in [1.807, 2.05) is 11.6 Å². The van der Waals surface area contributed by atoms with Crippen LogP contribution in [0.25, 0.3) is 0 Å². The van der Waals surface area contributed by atoms with Crippen LogP contribution in [0, 0.1) is 12.7 Å². The van der Waals surface area contributed by atoms with Crippen LogP contribution in [0.2, 0.25) is 0 Å². The van der Waals surface area contributed by atoms with Crippen molar-refractivity contribution in [3.05, 3.63) is 35.7 Å². The molecule has 2 fully saturated rings. The van der Waals surface area contributed by atoms with Crippen molar-refractivity contribution in [2.45, 2.75) is 43.0 Å². The van der Waals surface area contributed by atoms with Crippen LogP contribution in [0.1, 0.15) is 42.9 Å². The van der Waals surface area contributed by atoms with Gasteiger partial charge in [0.05, 0.1) is 13.2 Å². The minimum atomic E-state index is -3.89. The summed E-state index contributed by atoms with van der Waals surface area (Å²) in [6, 6.07) is 3.42. The minimum Gasteiger partial charge on any atom is -0.495 e.